The third kappa shape index (κ3) is 8.24. The van der Waals surface area contributed by atoms with Crippen molar-refractivity contribution in [1.82, 2.24) is 4.98 Å². The lowest BCUT2D eigenvalue weighted by atomic mass is 10.1. The van der Waals surface area contributed by atoms with Crippen LogP contribution < -0.4 is 9.47 Å². The number of hydrogen-bond acceptors (Lipinski definition) is 5. The fourth-order valence-corrected chi connectivity index (χ4v) is 2.66. The minimum Gasteiger partial charge on any atom is -0.490 e. The smallest absolute Gasteiger partial charge is 0.314 e. The van der Waals surface area contributed by atoms with Gasteiger partial charge in [-0.15, -0.1) is 0 Å². The first-order chi connectivity index (χ1) is 14.1. The molecule has 5 nitrogen and oxygen atoms in total. The zero-order valence-electron chi connectivity index (χ0n) is 17.9. The van der Waals surface area contributed by atoms with Crippen LogP contribution in [0.2, 0.25) is 0 Å². The first kappa shape index (κ1) is 22.9. The van der Waals surface area contributed by atoms with Gasteiger partial charge in [-0.1, -0.05) is 40.0 Å². The minimum atomic E-state index is -0.204. The van der Waals surface area contributed by atoms with Gasteiger partial charge < -0.3 is 14.2 Å². The van der Waals surface area contributed by atoms with E-state index in [-0.39, 0.29) is 11.9 Å². The normalized spacial score (nSPS) is 11.8. The van der Waals surface area contributed by atoms with Crippen molar-refractivity contribution < 1.29 is 19.0 Å². The van der Waals surface area contributed by atoms with Crippen molar-refractivity contribution in [3.05, 3.63) is 42.6 Å². The second kappa shape index (κ2) is 12.9. The number of carbonyl (C=O) groups excluding carboxylic acids is 1. The molecule has 2 aromatic rings. The van der Waals surface area contributed by atoms with Gasteiger partial charge in [0.25, 0.3) is 0 Å². The minimum absolute atomic E-state index is 0.102. The molecular formula is C24H33NO4. The summed E-state index contributed by atoms with van der Waals surface area (Å²) in [5, 5.41) is 0. The molecule has 1 aromatic heterocycles. The Morgan fingerprint density at radius 2 is 1.69 bits per heavy atom. The molecule has 0 aliphatic carbocycles. The summed E-state index contributed by atoms with van der Waals surface area (Å²) < 4.78 is 16.6. The van der Waals surface area contributed by atoms with E-state index in [4.69, 9.17) is 14.2 Å². The predicted octanol–water partition coefficient (Wildman–Crippen LogP) is 5.68. The standard InChI is InChI=1S/C24H33NO4/c1-4-6-7-8-15-27-16-17-28-22-13-14-23(25-18-22)20-9-11-21(12-10-20)29-24(26)19(3)5-2/h9-14,18-19H,4-8,15-17H2,1-3H3. The number of pyridine rings is 1. The van der Waals surface area contributed by atoms with E-state index in [9.17, 15) is 4.79 Å². The first-order valence-electron chi connectivity index (χ1n) is 10.6. The molecule has 0 N–H and O–H groups in total. The largest absolute Gasteiger partial charge is 0.490 e. The Kier molecular flexibility index (Phi) is 10.2. The molecule has 0 spiro atoms. The van der Waals surface area contributed by atoms with Crippen LogP contribution in [0.1, 0.15) is 52.9 Å². The highest BCUT2D eigenvalue weighted by molar-refractivity contribution is 5.75. The van der Waals surface area contributed by atoms with Crippen LogP contribution in [0.5, 0.6) is 11.5 Å². The van der Waals surface area contributed by atoms with E-state index in [1.54, 1.807) is 18.3 Å². The lowest BCUT2D eigenvalue weighted by Crippen LogP contribution is -2.16. The molecule has 158 valence electrons. The molecule has 1 unspecified atom stereocenters. The van der Waals surface area contributed by atoms with E-state index < -0.39 is 0 Å². The maximum atomic E-state index is 11.9. The van der Waals surface area contributed by atoms with Crippen LogP contribution in [0.3, 0.4) is 0 Å². The number of unbranched alkanes of at least 4 members (excludes halogenated alkanes) is 3. The van der Waals surface area contributed by atoms with Gasteiger partial charge in [0, 0.05) is 12.2 Å². The Morgan fingerprint density at radius 3 is 2.34 bits per heavy atom. The summed E-state index contributed by atoms with van der Waals surface area (Å²) in [6.45, 7) is 7.94. The van der Waals surface area contributed by atoms with Crippen molar-refractivity contribution in [1.29, 1.82) is 0 Å². The number of benzene rings is 1. The van der Waals surface area contributed by atoms with E-state index in [1.165, 1.54) is 19.3 Å². The number of nitrogens with zero attached hydrogens (tertiary/aromatic N) is 1. The van der Waals surface area contributed by atoms with Crippen molar-refractivity contribution in [3.8, 4) is 22.8 Å². The number of aromatic nitrogens is 1. The third-order valence-corrected chi connectivity index (χ3v) is 4.76. The van der Waals surface area contributed by atoms with Crippen LogP contribution >= 0.6 is 0 Å². The predicted molar refractivity (Wildman–Crippen MR) is 115 cm³/mol. The molecule has 1 aromatic carbocycles. The molecule has 0 amide bonds. The molecule has 0 fully saturated rings. The Hall–Kier alpha value is -2.40. The molecule has 1 atom stereocenters. The fourth-order valence-electron chi connectivity index (χ4n) is 2.66. The van der Waals surface area contributed by atoms with Gasteiger partial charge in [0.2, 0.25) is 0 Å². The molecule has 2 rings (SSSR count). The summed E-state index contributed by atoms with van der Waals surface area (Å²) in [6.07, 6.45) is 7.32. The van der Waals surface area contributed by atoms with Crippen LogP contribution in [0.4, 0.5) is 0 Å². The van der Waals surface area contributed by atoms with Crippen LogP contribution in [0.15, 0.2) is 42.6 Å². The van der Waals surface area contributed by atoms with Gasteiger partial charge in [-0.05, 0) is 49.2 Å². The zero-order chi connectivity index (χ0) is 20.9. The Morgan fingerprint density at radius 1 is 0.931 bits per heavy atom. The quantitative estimate of drug-likeness (QED) is 0.246. The van der Waals surface area contributed by atoms with E-state index in [1.807, 2.05) is 38.1 Å². The summed E-state index contributed by atoms with van der Waals surface area (Å²) in [5.74, 6) is 0.969. The number of carbonyl (C=O) groups is 1. The van der Waals surface area contributed by atoms with Crippen LogP contribution in [-0.2, 0) is 9.53 Å². The summed E-state index contributed by atoms with van der Waals surface area (Å²) >= 11 is 0. The summed E-state index contributed by atoms with van der Waals surface area (Å²) in [7, 11) is 0. The van der Waals surface area contributed by atoms with E-state index in [0.29, 0.717) is 19.0 Å². The van der Waals surface area contributed by atoms with Crippen molar-refractivity contribution in [2.45, 2.75) is 52.9 Å². The molecule has 29 heavy (non-hydrogen) atoms. The van der Waals surface area contributed by atoms with Crippen molar-refractivity contribution >= 4 is 5.97 Å². The number of rotatable bonds is 13. The average Bonchev–Trinajstić information content (AvgIpc) is 2.76. The molecule has 0 saturated heterocycles. The van der Waals surface area contributed by atoms with Gasteiger partial charge in [-0.2, -0.15) is 0 Å². The molecule has 0 saturated carbocycles. The van der Waals surface area contributed by atoms with Crippen molar-refractivity contribution in [2.24, 2.45) is 5.92 Å². The fraction of sp³-hybridized carbons (Fsp3) is 0.500. The van der Waals surface area contributed by atoms with Gasteiger partial charge in [0.1, 0.15) is 18.1 Å². The SMILES string of the molecule is CCCCCCOCCOc1ccc(-c2ccc(OC(=O)C(C)CC)cc2)nc1. The van der Waals surface area contributed by atoms with Gasteiger partial charge in [-0.3, -0.25) is 9.78 Å². The van der Waals surface area contributed by atoms with Gasteiger partial charge in [0.15, 0.2) is 0 Å². The number of hydrogen-bond donors (Lipinski definition) is 0. The average molecular weight is 400 g/mol. The molecule has 0 aliphatic heterocycles. The Balaban J connectivity index is 1.76. The Labute approximate surface area is 174 Å². The lowest BCUT2D eigenvalue weighted by molar-refractivity contribution is -0.138. The van der Waals surface area contributed by atoms with E-state index in [0.717, 1.165) is 36.5 Å². The first-order valence-corrected chi connectivity index (χ1v) is 10.6. The zero-order valence-corrected chi connectivity index (χ0v) is 17.9. The highest BCUT2D eigenvalue weighted by atomic mass is 16.5. The Bertz CT molecular complexity index is 713. The maximum Gasteiger partial charge on any atom is 0.314 e. The van der Waals surface area contributed by atoms with E-state index in [2.05, 4.69) is 11.9 Å². The monoisotopic (exact) mass is 399 g/mol. The van der Waals surface area contributed by atoms with Gasteiger partial charge in [0.05, 0.1) is 24.4 Å². The summed E-state index contributed by atoms with van der Waals surface area (Å²) in [6, 6.07) is 11.2. The highest BCUT2D eigenvalue weighted by Crippen LogP contribution is 2.23. The molecule has 0 bridgehead atoms. The molecular weight excluding hydrogens is 366 g/mol. The molecule has 0 radical (unpaired) electrons. The van der Waals surface area contributed by atoms with Gasteiger partial charge >= 0.3 is 5.97 Å². The number of esters is 1. The van der Waals surface area contributed by atoms with Gasteiger partial charge in [-0.25, -0.2) is 0 Å². The molecule has 1 heterocycles. The van der Waals surface area contributed by atoms with Crippen molar-refractivity contribution in [2.75, 3.05) is 19.8 Å². The van der Waals surface area contributed by atoms with Crippen LogP contribution in [-0.4, -0.2) is 30.8 Å². The summed E-state index contributed by atoms with van der Waals surface area (Å²) in [5.41, 5.74) is 1.79. The highest BCUT2D eigenvalue weighted by Gasteiger charge is 2.13. The lowest BCUT2D eigenvalue weighted by Gasteiger charge is -2.10. The maximum absolute atomic E-state index is 11.9. The van der Waals surface area contributed by atoms with Crippen LogP contribution in [0, 0.1) is 5.92 Å². The molecule has 5 heteroatoms. The second-order valence-corrected chi connectivity index (χ2v) is 7.16. The summed E-state index contributed by atoms with van der Waals surface area (Å²) in [4.78, 5) is 16.3. The van der Waals surface area contributed by atoms with E-state index >= 15 is 0 Å². The topological polar surface area (TPSA) is 57.7 Å². The molecule has 0 aliphatic rings. The van der Waals surface area contributed by atoms with Crippen molar-refractivity contribution in [3.63, 3.8) is 0 Å². The van der Waals surface area contributed by atoms with Crippen LogP contribution in [0.25, 0.3) is 11.3 Å². The second-order valence-electron chi connectivity index (χ2n) is 7.16. The number of ether oxygens (including phenoxy) is 3. The third-order valence-electron chi connectivity index (χ3n) is 4.76.